The summed E-state index contributed by atoms with van der Waals surface area (Å²) in [6.07, 6.45) is 4.06. The van der Waals surface area contributed by atoms with Crippen LogP contribution in [0.5, 0.6) is 0 Å². The molecule has 0 saturated heterocycles. The van der Waals surface area contributed by atoms with Crippen LogP contribution in [0, 0.1) is 13.8 Å². The molecule has 0 spiro atoms. The van der Waals surface area contributed by atoms with Gasteiger partial charge in [0.1, 0.15) is 12.6 Å². The van der Waals surface area contributed by atoms with Crippen LogP contribution >= 0.6 is 23.2 Å². The summed E-state index contributed by atoms with van der Waals surface area (Å²) in [6.45, 7) is 3.18. The van der Waals surface area contributed by atoms with Crippen molar-refractivity contribution in [3.05, 3.63) is 129 Å². The number of nitrogens with one attached hydrogen (secondary N) is 1. The van der Waals surface area contributed by atoms with E-state index >= 15 is 0 Å². The third-order valence-corrected chi connectivity index (χ3v) is 11.0. The first-order valence-corrected chi connectivity index (χ1v) is 17.9. The zero-order chi connectivity index (χ0) is 33.6. The molecule has 10 heteroatoms. The number of aryl methyl sites for hydroxylation is 2. The molecule has 4 aromatic carbocycles. The van der Waals surface area contributed by atoms with Crippen molar-refractivity contribution < 1.29 is 18.0 Å². The second-order valence-corrected chi connectivity index (χ2v) is 14.8. The summed E-state index contributed by atoms with van der Waals surface area (Å²) >= 11 is 12.8. The average Bonchev–Trinajstić information content (AvgIpc) is 3.56. The van der Waals surface area contributed by atoms with E-state index in [1.807, 2.05) is 50.2 Å². The van der Waals surface area contributed by atoms with Crippen LogP contribution in [0.4, 0.5) is 5.69 Å². The highest BCUT2D eigenvalue weighted by Gasteiger charge is 2.35. The van der Waals surface area contributed by atoms with Gasteiger partial charge in [-0.3, -0.25) is 13.9 Å². The Bertz CT molecular complexity index is 1810. The maximum Gasteiger partial charge on any atom is 0.264 e. The first-order chi connectivity index (χ1) is 22.5. The monoisotopic (exact) mass is 691 g/mol. The minimum atomic E-state index is -4.23. The second-order valence-electron chi connectivity index (χ2n) is 12.1. The van der Waals surface area contributed by atoms with Crippen LogP contribution in [0.1, 0.15) is 47.9 Å². The topological polar surface area (TPSA) is 86.8 Å². The van der Waals surface area contributed by atoms with Gasteiger partial charge in [-0.05, 0) is 79.8 Å². The van der Waals surface area contributed by atoms with Crippen LogP contribution in [-0.4, -0.2) is 43.8 Å². The number of sulfonamides is 1. The molecule has 1 atom stereocenters. The molecule has 1 saturated carbocycles. The SMILES string of the molecule is Cc1ccc(S(=O)(=O)N(CC(=O)N(Cc2cccc(Cl)c2)[C@H](Cc2ccccc2)C(=O)NC2CCCC2)c2ccc(C)c(Cl)c2)cc1. The fourth-order valence-electron chi connectivity index (χ4n) is 5.86. The molecule has 0 heterocycles. The van der Waals surface area contributed by atoms with Gasteiger partial charge in [-0.1, -0.05) is 102 Å². The average molecular weight is 693 g/mol. The molecule has 5 rings (SSSR count). The molecule has 1 fully saturated rings. The van der Waals surface area contributed by atoms with Crippen LogP contribution in [-0.2, 0) is 32.6 Å². The summed E-state index contributed by atoms with van der Waals surface area (Å²) in [5, 5.41) is 4.04. The van der Waals surface area contributed by atoms with E-state index < -0.39 is 28.5 Å². The zero-order valence-corrected chi connectivity index (χ0v) is 28.9. The van der Waals surface area contributed by atoms with Gasteiger partial charge in [-0.25, -0.2) is 8.42 Å². The lowest BCUT2D eigenvalue weighted by Crippen LogP contribution is -2.54. The van der Waals surface area contributed by atoms with E-state index in [4.69, 9.17) is 23.2 Å². The second kappa shape index (κ2) is 15.4. The van der Waals surface area contributed by atoms with E-state index in [0.717, 1.165) is 46.7 Å². The van der Waals surface area contributed by atoms with Crippen LogP contribution in [0.15, 0.2) is 102 Å². The summed E-state index contributed by atoms with van der Waals surface area (Å²) in [7, 11) is -4.23. The van der Waals surface area contributed by atoms with Crippen LogP contribution in [0.25, 0.3) is 0 Å². The fourth-order valence-corrected chi connectivity index (χ4v) is 7.65. The normalized spacial score (nSPS) is 14.0. The fraction of sp³-hybridized carbons (Fsp3) is 0.297. The van der Waals surface area contributed by atoms with Gasteiger partial charge in [0.05, 0.1) is 10.6 Å². The van der Waals surface area contributed by atoms with Crippen molar-refractivity contribution in [2.75, 3.05) is 10.8 Å². The minimum absolute atomic E-state index is 0.0250. The predicted octanol–water partition coefficient (Wildman–Crippen LogP) is 7.50. The van der Waals surface area contributed by atoms with Gasteiger partial charge in [-0.15, -0.1) is 0 Å². The summed E-state index contributed by atoms with van der Waals surface area (Å²) in [5.74, 6) is -0.817. The van der Waals surface area contributed by atoms with Crippen molar-refractivity contribution in [1.29, 1.82) is 0 Å². The Morgan fingerprint density at radius 3 is 2.19 bits per heavy atom. The van der Waals surface area contributed by atoms with Crippen LogP contribution < -0.4 is 9.62 Å². The highest BCUT2D eigenvalue weighted by molar-refractivity contribution is 7.92. The molecular formula is C37H39Cl2N3O4S. The van der Waals surface area contributed by atoms with Crippen molar-refractivity contribution in [2.24, 2.45) is 0 Å². The summed E-state index contributed by atoms with van der Waals surface area (Å²) in [6, 6.07) is 27.1. The van der Waals surface area contributed by atoms with Gasteiger partial charge in [0, 0.05) is 29.1 Å². The van der Waals surface area contributed by atoms with E-state index in [9.17, 15) is 18.0 Å². The first kappa shape index (κ1) is 34.5. The lowest BCUT2D eigenvalue weighted by molar-refractivity contribution is -0.140. The molecule has 246 valence electrons. The van der Waals surface area contributed by atoms with Gasteiger partial charge in [0.2, 0.25) is 11.8 Å². The number of halogens is 2. The van der Waals surface area contributed by atoms with E-state index in [-0.39, 0.29) is 35.5 Å². The first-order valence-electron chi connectivity index (χ1n) is 15.7. The number of nitrogens with zero attached hydrogens (tertiary/aromatic N) is 2. The van der Waals surface area contributed by atoms with Crippen molar-refractivity contribution in [3.63, 3.8) is 0 Å². The Labute approximate surface area is 287 Å². The Morgan fingerprint density at radius 2 is 1.53 bits per heavy atom. The standard InChI is InChI=1S/C37H39Cl2N3O4S/c1-26-15-19-33(20-16-26)47(45,46)42(32-18-17-27(2)34(39)23-32)25-36(43)41(24-29-11-8-12-30(38)21-29)35(22-28-9-4-3-5-10-28)37(44)40-31-13-6-7-14-31/h3-5,8-12,15-21,23,31,35H,6-7,13-14,22,24-25H2,1-2H3,(H,40,44)/t35-/m1/s1. The number of amides is 2. The highest BCUT2D eigenvalue weighted by Crippen LogP contribution is 2.29. The molecule has 1 aliphatic rings. The lowest BCUT2D eigenvalue weighted by Gasteiger charge is -2.34. The number of carbonyl (C=O) groups is 2. The van der Waals surface area contributed by atoms with Gasteiger partial charge in [0.25, 0.3) is 10.0 Å². The number of hydrogen-bond donors (Lipinski definition) is 1. The smallest absolute Gasteiger partial charge is 0.264 e. The van der Waals surface area contributed by atoms with Crippen molar-refractivity contribution in [3.8, 4) is 0 Å². The number of carbonyl (C=O) groups excluding carboxylic acids is 2. The Morgan fingerprint density at radius 1 is 0.851 bits per heavy atom. The van der Waals surface area contributed by atoms with E-state index in [1.165, 1.54) is 17.0 Å². The van der Waals surface area contributed by atoms with Crippen molar-refractivity contribution >= 4 is 50.7 Å². The van der Waals surface area contributed by atoms with Gasteiger partial charge in [-0.2, -0.15) is 0 Å². The van der Waals surface area contributed by atoms with E-state index in [0.29, 0.717) is 15.6 Å². The minimum Gasteiger partial charge on any atom is -0.352 e. The maximum atomic E-state index is 14.6. The Hall–Kier alpha value is -3.85. The Kier molecular flexibility index (Phi) is 11.3. The predicted molar refractivity (Wildman–Crippen MR) is 188 cm³/mol. The van der Waals surface area contributed by atoms with Crippen LogP contribution in [0.2, 0.25) is 10.0 Å². The molecule has 1 N–H and O–H groups in total. The molecule has 0 radical (unpaired) electrons. The largest absolute Gasteiger partial charge is 0.352 e. The molecule has 47 heavy (non-hydrogen) atoms. The molecule has 0 unspecified atom stereocenters. The van der Waals surface area contributed by atoms with Gasteiger partial charge >= 0.3 is 0 Å². The number of hydrogen-bond acceptors (Lipinski definition) is 4. The van der Waals surface area contributed by atoms with E-state index in [2.05, 4.69) is 5.32 Å². The van der Waals surface area contributed by atoms with E-state index in [1.54, 1.807) is 48.5 Å². The Balaban J connectivity index is 1.58. The van der Waals surface area contributed by atoms with Gasteiger partial charge in [0.15, 0.2) is 0 Å². The van der Waals surface area contributed by atoms with Gasteiger partial charge < -0.3 is 10.2 Å². The number of anilines is 1. The summed E-state index contributed by atoms with van der Waals surface area (Å²) in [4.78, 5) is 30.3. The third-order valence-electron chi connectivity index (χ3n) is 8.55. The molecule has 0 aliphatic heterocycles. The molecule has 0 bridgehead atoms. The molecule has 2 amide bonds. The number of benzene rings is 4. The summed E-state index contributed by atoms with van der Waals surface area (Å²) < 4.78 is 29.6. The van der Waals surface area contributed by atoms with Crippen LogP contribution in [0.3, 0.4) is 0 Å². The zero-order valence-electron chi connectivity index (χ0n) is 26.5. The van der Waals surface area contributed by atoms with Crippen molar-refractivity contribution in [2.45, 2.75) is 69.5 Å². The maximum absolute atomic E-state index is 14.6. The highest BCUT2D eigenvalue weighted by atomic mass is 35.5. The lowest BCUT2D eigenvalue weighted by atomic mass is 10.0. The number of rotatable bonds is 12. The quantitative estimate of drug-likeness (QED) is 0.167. The summed E-state index contributed by atoms with van der Waals surface area (Å²) in [5.41, 5.74) is 3.49. The molecule has 0 aromatic heterocycles. The molecule has 7 nitrogen and oxygen atoms in total. The van der Waals surface area contributed by atoms with Crippen molar-refractivity contribution in [1.82, 2.24) is 10.2 Å². The molecular weight excluding hydrogens is 653 g/mol. The molecule has 4 aromatic rings. The molecule has 1 aliphatic carbocycles. The third kappa shape index (κ3) is 8.74.